The van der Waals surface area contributed by atoms with Crippen molar-refractivity contribution in [1.29, 1.82) is 0 Å². The van der Waals surface area contributed by atoms with E-state index in [9.17, 15) is 14.4 Å². The summed E-state index contributed by atoms with van der Waals surface area (Å²) < 4.78 is 5.14. The fourth-order valence-corrected chi connectivity index (χ4v) is 2.88. The Balaban J connectivity index is 2.00. The monoisotopic (exact) mass is 375 g/mol. The molecule has 0 saturated carbocycles. The molecule has 0 unspecified atom stereocenters. The molecule has 0 aliphatic rings. The molecule has 1 aromatic heterocycles. The maximum atomic E-state index is 12.4. The fraction of sp³-hybridized carbons (Fsp3) is 0.0556. The van der Waals surface area contributed by atoms with E-state index in [1.54, 1.807) is 24.3 Å². The van der Waals surface area contributed by atoms with Crippen LogP contribution >= 0.6 is 23.2 Å². The number of ketones is 1. The van der Waals surface area contributed by atoms with E-state index in [0.29, 0.717) is 21.7 Å². The van der Waals surface area contributed by atoms with Gasteiger partial charge in [-0.15, -0.1) is 0 Å². The molecule has 3 aromatic rings. The van der Waals surface area contributed by atoms with Crippen LogP contribution in [0.4, 0.5) is 5.69 Å². The topological polar surface area (TPSA) is 76.4 Å². The number of amides is 1. The lowest BCUT2D eigenvalue weighted by molar-refractivity contribution is 0.100. The first-order valence-corrected chi connectivity index (χ1v) is 7.96. The molecular weight excluding hydrogens is 365 g/mol. The van der Waals surface area contributed by atoms with Crippen LogP contribution in [0.25, 0.3) is 11.0 Å². The molecule has 0 saturated heterocycles. The van der Waals surface area contributed by atoms with Crippen molar-refractivity contribution in [3.8, 4) is 0 Å². The summed E-state index contributed by atoms with van der Waals surface area (Å²) in [5.41, 5.74) is -0.0227. The zero-order chi connectivity index (χ0) is 18.1. The molecule has 1 heterocycles. The number of fused-ring (bicyclic) bond motifs is 1. The summed E-state index contributed by atoms with van der Waals surface area (Å²) in [5.74, 6) is -0.793. The zero-order valence-corrected chi connectivity index (χ0v) is 14.4. The Morgan fingerprint density at radius 3 is 2.56 bits per heavy atom. The van der Waals surface area contributed by atoms with Crippen molar-refractivity contribution in [3.63, 3.8) is 0 Å². The van der Waals surface area contributed by atoms with Gasteiger partial charge in [0.1, 0.15) is 5.56 Å². The first kappa shape index (κ1) is 17.2. The van der Waals surface area contributed by atoms with Gasteiger partial charge in [0.2, 0.25) is 0 Å². The normalized spacial score (nSPS) is 10.7. The van der Waals surface area contributed by atoms with Gasteiger partial charge in [0.25, 0.3) is 5.91 Å². The van der Waals surface area contributed by atoms with Gasteiger partial charge in [0, 0.05) is 21.7 Å². The average Bonchev–Trinajstić information content (AvgIpc) is 2.55. The molecule has 7 heteroatoms. The molecule has 0 radical (unpaired) electrons. The van der Waals surface area contributed by atoms with Crippen molar-refractivity contribution in [3.05, 3.63) is 74.1 Å². The highest BCUT2D eigenvalue weighted by molar-refractivity contribution is 6.38. The van der Waals surface area contributed by atoms with Crippen LogP contribution < -0.4 is 10.9 Å². The predicted octanol–water partition coefficient (Wildman–Crippen LogP) is 4.55. The number of Topliss-reactive ketones (excluding diaryl/α,β-unsaturated/α-hetero) is 1. The molecule has 0 aliphatic carbocycles. The number of carbonyl (C=O) groups excluding carboxylic acids is 2. The fourth-order valence-electron chi connectivity index (χ4n) is 2.33. The number of hydrogen-bond donors (Lipinski definition) is 1. The van der Waals surface area contributed by atoms with E-state index in [1.165, 1.54) is 25.1 Å². The van der Waals surface area contributed by atoms with Crippen LogP contribution in [0.5, 0.6) is 0 Å². The van der Waals surface area contributed by atoms with Crippen LogP contribution in [0.1, 0.15) is 27.6 Å². The average molecular weight is 376 g/mol. The quantitative estimate of drug-likeness (QED) is 0.537. The van der Waals surface area contributed by atoms with Gasteiger partial charge in [-0.05, 0) is 37.3 Å². The predicted molar refractivity (Wildman–Crippen MR) is 96.9 cm³/mol. The lowest BCUT2D eigenvalue weighted by Gasteiger charge is -2.07. The Hall–Kier alpha value is -2.63. The Morgan fingerprint density at radius 2 is 1.84 bits per heavy atom. The maximum Gasteiger partial charge on any atom is 0.349 e. The summed E-state index contributed by atoms with van der Waals surface area (Å²) in [7, 11) is 0. The van der Waals surface area contributed by atoms with E-state index in [4.69, 9.17) is 27.6 Å². The SMILES string of the molecule is CC(=O)c1cccc(NC(=O)c2cc3cc(Cl)cc(Cl)c3oc2=O)c1. The highest BCUT2D eigenvalue weighted by atomic mass is 35.5. The Morgan fingerprint density at radius 1 is 1.08 bits per heavy atom. The lowest BCUT2D eigenvalue weighted by atomic mass is 10.1. The van der Waals surface area contributed by atoms with Crippen molar-refractivity contribution >= 4 is 51.5 Å². The van der Waals surface area contributed by atoms with Crippen molar-refractivity contribution in [2.75, 3.05) is 5.32 Å². The third-order valence-electron chi connectivity index (χ3n) is 3.52. The van der Waals surface area contributed by atoms with Gasteiger partial charge in [0.05, 0.1) is 5.02 Å². The molecule has 3 rings (SSSR count). The molecule has 1 amide bonds. The molecule has 0 bridgehead atoms. The molecule has 126 valence electrons. The molecule has 0 atom stereocenters. The van der Waals surface area contributed by atoms with Crippen molar-refractivity contribution < 1.29 is 14.0 Å². The summed E-state index contributed by atoms with van der Waals surface area (Å²) >= 11 is 11.9. The van der Waals surface area contributed by atoms with Crippen LogP contribution in [0.15, 0.2) is 51.7 Å². The first-order valence-electron chi connectivity index (χ1n) is 7.20. The van der Waals surface area contributed by atoms with Crippen molar-refractivity contribution in [2.45, 2.75) is 6.92 Å². The van der Waals surface area contributed by atoms with Gasteiger partial charge in [-0.25, -0.2) is 4.79 Å². The number of anilines is 1. The van der Waals surface area contributed by atoms with Gasteiger partial charge in [-0.3, -0.25) is 9.59 Å². The minimum Gasteiger partial charge on any atom is -0.421 e. The highest BCUT2D eigenvalue weighted by Crippen LogP contribution is 2.27. The maximum absolute atomic E-state index is 12.4. The number of nitrogens with one attached hydrogen (secondary N) is 1. The second kappa shape index (κ2) is 6.70. The molecular formula is C18H11Cl2NO4. The second-order valence-electron chi connectivity index (χ2n) is 5.34. The van der Waals surface area contributed by atoms with Crippen LogP contribution in [0, 0.1) is 0 Å². The van der Waals surface area contributed by atoms with E-state index in [0.717, 1.165) is 0 Å². The number of halogens is 2. The first-order chi connectivity index (χ1) is 11.8. The molecule has 25 heavy (non-hydrogen) atoms. The number of rotatable bonds is 3. The smallest absolute Gasteiger partial charge is 0.349 e. The van der Waals surface area contributed by atoms with E-state index < -0.39 is 11.5 Å². The Labute approximate surface area is 152 Å². The molecule has 0 spiro atoms. The minimum atomic E-state index is -0.822. The molecule has 2 aromatic carbocycles. The van der Waals surface area contributed by atoms with Gasteiger partial charge >= 0.3 is 5.63 Å². The molecule has 0 fully saturated rings. The summed E-state index contributed by atoms with van der Waals surface area (Å²) in [6.45, 7) is 1.42. The van der Waals surface area contributed by atoms with Gasteiger partial charge in [0.15, 0.2) is 11.4 Å². The molecule has 1 N–H and O–H groups in total. The molecule has 5 nitrogen and oxygen atoms in total. The van der Waals surface area contributed by atoms with E-state index in [2.05, 4.69) is 5.32 Å². The number of benzene rings is 2. The molecule has 0 aliphatic heterocycles. The van der Waals surface area contributed by atoms with E-state index >= 15 is 0 Å². The lowest BCUT2D eigenvalue weighted by Crippen LogP contribution is -2.20. The van der Waals surface area contributed by atoms with Crippen LogP contribution in [-0.4, -0.2) is 11.7 Å². The summed E-state index contributed by atoms with van der Waals surface area (Å²) in [5, 5.41) is 3.54. The van der Waals surface area contributed by atoms with Crippen molar-refractivity contribution in [2.24, 2.45) is 0 Å². The standard InChI is InChI=1S/C18H11Cl2NO4/c1-9(22)10-3-2-4-13(6-10)21-17(23)14-7-11-5-12(19)8-15(20)16(11)25-18(14)24/h2-8H,1H3,(H,21,23). The van der Waals surface area contributed by atoms with Crippen LogP contribution in [0.3, 0.4) is 0 Å². The zero-order valence-electron chi connectivity index (χ0n) is 12.9. The Bertz CT molecular complexity index is 1070. The second-order valence-corrected chi connectivity index (χ2v) is 6.19. The third kappa shape index (κ3) is 3.57. The van der Waals surface area contributed by atoms with Crippen LogP contribution in [-0.2, 0) is 0 Å². The number of hydrogen-bond acceptors (Lipinski definition) is 4. The largest absolute Gasteiger partial charge is 0.421 e. The van der Waals surface area contributed by atoms with Gasteiger partial charge in [-0.1, -0.05) is 35.3 Å². The summed E-state index contributed by atoms with van der Waals surface area (Å²) in [6, 6.07) is 10.8. The van der Waals surface area contributed by atoms with E-state index in [-0.39, 0.29) is 22.0 Å². The summed E-state index contributed by atoms with van der Waals surface area (Å²) in [6.07, 6.45) is 0. The van der Waals surface area contributed by atoms with E-state index in [1.807, 2.05) is 0 Å². The highest BCUT2D eigenvalue weighted by Gasteiger charge is 2.16. The van der Waals surface area contributed by atoms with Crippen molar-refractivity contribution in [1.82, 2.24) is 0 Å². The Kier molecular flexibility index (Phi) is 4.61. The van der Waals surface area contributed by atoms with Crippen LogP contribution in [0.2, 0.25) is 10.0 Å². The minimum absolute atomic E-state index is 0.134. The number of carbonyl (C=O) groups is 2. The third-order valence-corrected chi connectivity index (χ3v) is 4.02. The van der Waals surface area contributed by atoms with Gasteiger partial charge in [-0.2, -0.15) is 0 Å². The summed E-state index contributed by atoms with van der Waals surface area (Å²) in [4.78, 5) is 35.9. The van der Waals surface area contributed by atoms with Gasteiger partial charge < -0.3 is 9.73 Å².